The largest absolute Gasteiger partial charge is 0.444 e. The Labute approximate surface area is 226 Å². The molecule has 2 unspecified atom stereocenters. The average molecular weight is 528 g/mol. The molecule has 2 N–H and O–H groups in total. The zero-order valence-corrected chi connectivity index (χ0v) is 24.3. The first-order chi connectivity index (χ1) is 17.1. The number of thiol groups is 1. The third-order valence-corrected chi connectivity index (χ3v) is 6.16. The van der Waals surface area contributed by atoms with E-state index < -0.39 is 29.7 Å². The summed E-state index contributed by atoms with van der Waals surface area (Å²) in [6, 6.07) is 9.38. The second kappa shape index (κ2) is 12.5. The van der Waals surface area contributed by atoms with Crippen molar-refractivity contribution in [3.8, 4) is 0 Å². The number of alkyl carbamates (subject to hydrolysis) is 1. The molecule has 3 amide bonds. The van der Waals surface area contributed by atoms with Crippen LogP contribution in [0.3, 0.4) is 0 Å². The van der Waals surface area contributed by atoms with E-state index >= 15 is 0 Å². The molecule has 0 saturated heterocycles. The van der Waals surface area contributed by atoms with Crippen molar-refractivity contribution in [2.45, 2.75) is 86.0 Å². The van der Waals surface area contributed by atoms with Crippen molar-refractivity contribution in [3.05, 3.63) is 64.2 Å². The molecule has 0 aliphatic rings. The van der Waals surface area contributed by atoms with Gasteiger partial charge in [-0.3, -0.25) is 9.59 Å². The predicted octanol–water partition coefficient (Wildman–Crippen LogP) is 5.66. The third kappa shape index (κ3) is 8.25. The number of ether oxygens (including phenoxy) is 1. The van der Waals surface area contributed by atoms with Gasteiger partial charge in [-0.05, 0) is 79.0 Å². The fraction of sp³-hybridized carbons (Fsp3) is 0.483. The molecule has 202 valence electrons. The molecule has 2 rings (SSSR count). The number of hydrogen-bond acceptors (Lipinski definition) is 5. The lowest BCUT2D eigenvalue weighted by Gasteiger charge is -2.37. The maximum atomic E-state index is 14.0. The zero-order chi connectivity index (χ0) is 28.1. The molecule has 0 aliphatic heterocycles. The minimum absolute atomic E-state index is 0.0411. The summed E-state index contributed by atoms with van der Waals surface area (Å²) >= 11 is 4.33. The van der Waals surface area contributed by atoms with Gasteiger partial charge in [-0.15, -0.1) is 0 Å². The first-order valence-corrected chi connectivity index (χ1v) is 13.2. The van der Waals surface area contributed by atoms with Gasteiger partial charge in [0.25, 0.3) is 5.91 Å². The molecule has 2 aromatic carbocycles. The van der Waals surface area contributed by atoms with E-state index in [2.05, 4.69) is 23.3 Å². The van der Waals surface area contributed by atoms with Crippen LogP contribution in [0.5, 0.6) is 0 Å². The molecule has 0 spiro atoms. The summed E-state index contributed by atoms with van der Waals surface area (Å²) in [5.74, 6) is -0.712. The Hall–Kier alpha value is -3.00. The van der Waals surface area contributed by atoms with Crippen molar-refractivity contribution in [2.75, 3.05) is 11.1 Å². The Morgan fingerprint density at radius 2 is 1.51 bits per heavy atom. The highest BCUT2D eigenvalue weighted by molar-refractivity contribution is 7.80. The van der Waals surface area contributed by atoms with Gasteiger partial charge in [0.1, 0.15) is 17.7 Å². The maximum Gasteiger partial charge on any atom is 0.408 e. The van der Waals surface area contributed by atoms with E-state index in [9.17, 15) is 14.4 Å². The van der Waals surface area contributed by atoms with Gasteiger partial charge in [0.2, 0.25) is 5.91 Å². The summed E-state index contributed by atoms with van der Waals surface area (Å²) in [6.07, 6.45) is -0.716. The number of rotatable bonds is 8. The van der Waals surface area contributed by atoms with Crippen LogP contribution in [0, 0.1) is 27.7 Å². The quantitative estimate of drug-likeness (QED) is 0.387. The molecule has 0 heterocycles. The number of amides is 3. The summed E-state index contributed by atoms with van der Waals surface area (Å²) < 4.78 is 5.36. The molecule has 2 atom stereocenters. The number of benzene rings is 2. The Morgan fingerprint density at radius 1 is 0.973 bits per heavy atom. The summed E-state index contributed by atoms with van der Waals surface area (Å²) in [4.78, 5) is 41.9. The van der Waals surface area contributed by atoms with E-state index in [0.29, 0.717) is 5.56 Å². The topological polar surface area (TPSA) is 87.7 Å². The van der Waals surface area contributed by atoms with Crippen LogP contribution in [0.15, 0.2) is 36.4 Å². The highest BCUT2D eigenvalue weighted by atomic mass is 32.1. The molecule has 0 bridgehead atoms. The lowest BCUT2D eigenvalue weighted by atomic mass is 9.97. The van der Waals surface area contributed by atoms with Crippen LogP contribution in [0.25, 0.3) is 0 Å². The molecule has 0 saturated carbocycles. The van der Waals surface area contributed by atoms with Crippen molar-refractivity contribution < 1.29 is 19.1 Å². The van der Waals surface area contributed by atoms with Crippen LogP contribution < -0.4 is 10.6 Å². The van der Waals surface area contributed by atoms with E-state index in [1.165, 1.54) is 4.90 Å². The van der Waals surface area contributed by atoms with E-state index in [4.69, 9.17) is 4.74 Å². The Morgan fingerprint density at radius 3 is 1.97 bits per heavy atom. The van der Waals surface area contributed by atoms with Crippen molar-refractivity contribution in [1.82, 2.24) is 10.2 Å². The number of carbonyl (C=O) groups is 3. The van der Waals surface area contributed by atoms with Gasteiger partial charge >= 0.3 is 6.09 Å². The molecular formula is C29H41N3O4S. The number of para-hydroxylation sites is 1. The smallest absolute Gasteiger partial charge is 0.408 e. The number of hydrogen-bond donors (Lipinski definition) is 3. The molecule has 0 aliphatic carbocycles. The fourth-order valence-corrected chi connectivity index (χ4v) is 4.55. The number of nitrogens with one attached hydrogen (secondary N) is 2. The molecule has 0 aromatic heterocycles. The molecule has 0 radical (unpaired) electrons. The van der Waals surface area contributed by atoms with Crippen LogP contribution in [0.1, 0.15) is 68.5 Å². The third-order valence-electron chi connectivity index (χ3n) is 5.80. The number of aryl methyl sites for hydroxylation is 4. The number of nitrogens with zero attached hydrogens (tertiary/aromatic N) is 1. The molecule has 8 heteroatoms. The molecule has 2 aromatic rings. The highest BCUT2D eigenvalue weighted by Gasteiger charge is 2.37. The molecule has 0 fully saturated rings. The Kier molecular flexibility index (Phi) is 10.2. The summed E-state index contributed by atoms with van der Waals surface area (Å²) in [5.41, 5.74) is 4.50. The van der Waals surface area contributed by atoms with E-state index in [-0.39, 0.29) is 17.7 Å². The standard InChI is InChI=1S/C29H41N3O4S/c1-17(2)32(27(34)23(16-37)30-28(35)36-29(7,8)9)25(22-14-18(3)13-19(4)15-22)26(33)31-24-20(5)11-10-12-21(24)6/h10-15,17,23,25,37H,16H2,1-9H3,(H,30,35)(H,31,33). The van der Waals surface area contributed by atoms with Crippen molar-refractivity contribution in [3.63, 3.8) is 0 Å². The second-order valence-corrected chi connectivity index (χ2v) is 11.2. The van der Waals surface area contributed by atoms with Crippen LogP contribution in [0.2, 0.25) is 0 Å². The van der Waals surface area contributed by atoms with Crippen molar-refractivity contribution >= 4 is 36.2 Å². The van der Waals surface area contributed by atoms with Gasteiger partial charge in [0.15, 0.2) is 0 Å². The van der Waals surface area contributed by atoms with E-state index in [1.54, 1.807) is 20.8 Å². The lowest BCUT2D eigenvalue weighted by Crippen LogP contribution is -2.55. The van der Waals surface area contributed by atoms with Crippen LogP contribution in [0.4, 0.5) is 10.5 Å². The normalized spacial score (nSPS) is 13.1. The fourth-order valence-electron chi connectivity index (χ4n) is 4.30. The number of anilines is 1. The molecule has 37 heavy (non-hydrogen) atoms. The van der Waals surface area contributed by atoms with Crippen LogP contribution in [-0.4, -0.2) is 46.2 Å². The monoisotopic (exact) mass is 527 g/mol. The first-order valence-electron chi connectivity index (χ1n) is 12.5. The first kappa shape index (κ1) is 30.2. The van der Waals surface area contributed by atoms with Crippen molar-refractivity contribution in [2.24, 2.45) is 0 Å². The van der Waals surface area contributed by atoms with Gasteiger partial charge in [0.05, 0.1) is 0 Å². The zero-order valence-electron chi connectivity index (χ0n) is 23.4. The van der Waals surface area contributed by atoms with Crippen LogP contribution in [-0.2, 0) is 14.3 Å². The predicted molar refractivity (Wildman–Crippen MR) is 152 cm³/mol. The summed E-state index contributed by atoms with van der Waals surface area (Å²) in [6.45, 7) is 16.7. The van der Waals surface area contributed by atoms with Gasteiger partial charge in [0, 0.05) is 17.5 Å². The Balaban J connectivity index is 2.55. The summed E-state index contributed by atoms with van der Waals surface area (Å²) in [5, 5.41) is 5.70. The minimum Gasteiger partial charge on any atom is -0.444 e. The van der Waals surface area contributed by atoms with Gasteiger partial charge in [-0.25, -0.2) is 4.79 Å². The van der Waals surface area contributed by atoms with Gasteiger partial charge < -0.3 is 20.3 Å². The highest BCUT2D eigenvalue weighted by Crippen LogP contribution is 2.29. The SMILES string of the molecule is Cc1cc(C)cc(C(C(=O)Nc2c(C)cccc2C)N(C(=O)C(CS)NC(=O)OC(C)(C)C)C(C)C)c1. The van der Waals surface area contributed by atoms with Gasteiger partial charge in [-0.2, -0.15) is 12.6 Å². The maximum absolute atomic E-state index is 14.0. The second-order valence-electron chi connectivity index (χ2n) is 10.8. The average Bonchev–Trinajstić information content (AvgIpc) is 2.75. The lowest BCUT2D eigenvalue weighted by molar-refractivity contribution is -0.142. The number of carbonyl (C=O) groups excluding carboxylic acids is 3. The molecular weight excluding hydrogens is 486 g/mol. The summed E-state index contributed by atoms with van der Waals surface area (Å²) in [7, 11) is 0. The minimum atomic E-state index is -0.984. The van der Waals surface area contributed by atoms with E-state index in [1.807, 2.05) is 77.9 Å². The van der Waals surface area contributed by atoms with Crippen LogP contribution >= 0.6 is 12.6 Å². The Bertz CT molecular complexity index is 1100. The molecule has 7 nitrogen and oxygen atoms in total. The van der Waals surface area contributed by atoms with Gasteiger partial charge in [-0.1, -0.05) is 47.5 Å². The van der Waals surface area contributed by atoms with E-state index in [0.717, 1.165) is 27.9 Å². The van der Waals surface area contributed by atoms with Crippen molar-refractivity contribution in [1.29, 1.82) is 0 Å².